The molecular weight excluding hydrogens is 356 g/mol. The first-order chi connectivity index (χ1) is 9.63. The van der Waals surface area contributed by atoms with Crippen LogP contribution in [0.4, 0.5) is 5.69 Å². The third-order valence-electron chi connectivity index (χ3n) is 2.66. The molecule has 0 bridgehead atoms. The molecular formula is C14H15BrN2OS2. The van der Waals surface area contributed by atoms with E-state index in [1.54, 1.807) is 11.8 Å². The van der Waals surface area contributed by atoms with Crippen molar-refractivity contribution in [1.29, 1.82) is 0 Å². The summed E-state index contributed by atoms with van der Waals surface area (Å²) in [6, 6.07) is 5.86. The molecule has 1 aromatic carbocycles. The number of benzene rings is 1. The molecule has 106 valence electrons. The smallest absolute Gasteiger partial charge is 0.263 e. The number of fused-ring (bicyclic) bond motifs is 1. The minimum absolute atomic E-state index is 0.0981. The summed E-state index contributed by atoms with van der Waals surface area (Å²) in [6.07, 6.45) is 1.86. The average Bonchev–Trinajstić information content (AvgIpc) is 2.76. The van der Waals surface area contributed by atoms with E-state index in [4.69, 9.17) is 5.73 Å². The van der Waals surface area contributed by atoms with Crippen LogP contribution in [0.1, 0.15) is 9.67 Å². The Balaban J connectivity index is 2.06. The standard InChI is InChI=1S/C14H15BrN2OS2/c1-2-6-19-7-5-17-14(18)13-12(16)10-8-9(15)3-4-11(10)20-13/h2-4,8H,1,5-7,16H2,(H,17,18). The van der Waals surface area contributed by atoms with Crippen LogP contribution in [0.15, 0.2) is 35.3 Å². The minimum Gasteiger partial charge on any atom is -0.397 e. The number of halogens is 1. The highest BCUT2D eigenvalue weighted by Crippen LogP contribution is 2.35. The Labute approximate surface area is 134 Å². The van der Waals surface area contributed by atoms with Gasteiger partial charge in [-0.05, 0) is 18.2 Å². The third kappa shape index (κ3) is 3.56. The highest BCUT2D eigenvalue weighted by molar-refractivity contribution is 9.10. The number of thioether (sulfide) groups is 1. The molecule has 0 aliphatic heterocycles. The van der Waals surface area contributed by atoms with Crippen molar-refractivity contribution >= 4 is 60.7 Å². The number of carbonyl (C=O) groups excluding carboxylic acids is 1. The lowest BCUT2D eigenvalue weighted by Gasteiger charge is -2.03. The van der Waals surface area contributed by atoms with Crippen molar-refractivity contribution in [2.75, 3.05) is 23.8 Å². The van der Waals surface area contributed by atoms with Gasteiger partial charge in [0.1, 0.15) is 4.88 Å². The second-order valence-electron chi connectivity index (χ2n) is 4.10. The van der Waals surface area contributed by atoms with Crippen LogP contribution in [0, 0.1) is 0 Å². The molecule has 1 aromatic heterocycles. The summed E-state index contributed by atoms with van der Waals surface area (Å²) in [5.41, 5.74) is 6.63. The quantitative estimate of drug-likeness (QED) is 0.598. The molecule has 0 fully saturated rings. The van der Waals surface area contributed by atoms with E-state index in [2.05, 4.69) is 27.8 Å². The zero-order valence-electron chi connectivity index (χ0n) is 10.8. The second-order valence-corrected chi connectivity index (χ2v) is 7.22. The molecule has 2 aromatic rings. The van der Waals surface area contributed by atoms with Gasteiger partial charge in [-0.3, -0.25) is 4.79 Å². The molecule has 20 heavy (non-hydrogen) atoms. The highest BCUT2D eigenvalue weighted by atomic mass is 79.9. The second kappa shape index (κ2) is 7.15. The van der Waals surface area contributed by atoms with Gasteiger partial charge >= 0.3 is 0 Å². The van der Waals surface area contributed by atoms with Crippen molar-refractivity contribution in [1.82, 2.24) is 5.32 Å². The Bertz CT molecular complexity index is 639. The number of carbonyl (C=O) groups is 1. The van der Waals surface area contributed by atoms with Gasteiger partial charge in [-0.2, -0.15) is 11.8 Å². The summed E-state index contributed by atoms with van der Waals surface area (Å²) in [5.74, 6) is 1.67. The maximum atomic E-state index is 12.1. The summed E-state index contributed by atoms with van der Waals surface area (Å²) in [4.78, 5) is 12.7. The van der Waals surface area contributed by atoms with Crippen LogP contribution in [0.25, 0.3) is 10.1 Å². The number of hydrogen-bond acceptors (Lipinski definition) is 4. The number of nitrogen functional groups attached to an aromatic ring is 1. The minimum atomic E-state index is -0.0981. The first-order valence-electron chi connectivity index (χ1n) is 6.08. The number of thiophene rings is 1. The number of hydrogen-bond donors (Lipinski definition) is 2. The van der Waals surface area contributed by atoms with E-state index in [1.165, 1.54) is 11.3 Å². The van der Waals surface area contributed by atoms with E-state index in [1.807, 2.05) is 24.3 Å². The van der Waals surface area contributed by atoms with Gasteiger partial charge in [-0.15, -0.1) is 17.9 Å². The summed E-state index contributed by atoms with van der Waals surface area (Å²) in [7, 11) is 0. The lowest BCUT2D eigenvalue weighted by Crippen LogP contribution is -2.25. The molecule has 0 saturated heterocycles. The molecule has 3 N–H and O–H groups in total. The van der Waals surface area contributed by atoms with E-state index >= 15 is 0 Å². The van der Waals surface area contributed by atoms with E-state index in [0.29, 0.717) is 17.1 Å². The number of amides is 1. The number of nitrogens with one attached hydrogen (secondary N) is 1. The van der Waals surface area contributed by atoms with Crippen LogP contribution < -0.4 is 11.1 Å². The molecule has 6 heteroatoms. The largest absolute Gasteiger partial charge is 0.397 e. The predicted octanol–water partition coefficient (Wildman–Crippen LogP) is 3.90. The van der Waals surface area contributed by atoms with Gasteiger partial charge in [-0.1, -0.05) is 22.0 Å². The molecule has 2 rings (SSSR count). The van der Waals surface area contributed by atoms with Crippen LogP contribution in [0.5, 0.6) is 0 Å². The van der Waals surface area contributed by atoms with E-state index in [0.717, 1.165) is 26.1 Å². The molecule has 0 radical (unpaired) electrons. The summed E-state index contributed by atoms with van der Waals surface area (Å²) < 4.78 is 1.99. The van der Waals surface area contributed by atoms with Crippen LogP contribution >= 0.6 is 39.0 Å². The fourth-order valence-corrected chi connectivity index (χ4v) is 3.70. The molecule has 0 aliphatic rings. The fraction of sp³-hybridized carbons (Fsp3) is 0.214. The van der Waals surface area contributed by atoms with Crippen molar-refractivity contribution in [2.24, 2.45) is 0 Å². The number of rotatable bonds is 6. The molecule has 1 amide bonds. The average molecular weight is 371 g/mol. The molecule has 1 heterocycles. The van der Waals surface area contributed by atoms with Gasteiger partial charge in [0.25, 0.3) is 5.91 Å². The SMILES string of the molecule is C=CCSCCNC(=O)c1sc2ccc(Br)cc2c1N. The summed E-state index contributed by atoms with van der Waals surface area (Å²) in [6.45, 7) is 4.29. The normalized spacial score (nSPS) is 10.7. The molecule has 0 saturated carbocycles. The van der Waals surface area contributed by atoms with Crippen LogP contribution in [-0.2, 0) is 0 Å². The Kier molecular flexibility index (Phi) is 5.51. The highest BCUT2D eigenvalue weighted by Gasteiger charge is 2.15. The van der Waals surface area contributed by atoms with Crippen LogP contribution in [0.2, 0.25) is 0 Å². The van der Waals surface area contributed by atoms with Crippen molar-refractivity contribution in [3.63, 3.8) is 0 Å². The Morgan fingerprint density at radius 1 is 1.55 bits per heavy atom. The van der Waals surface area contributed by atoms with Gasteiger partial charge in [-0.25, -0.2) is 0 Å². The Morgan fingerprint density at radius 2 is 2.35 bits per heavy atom. The van der Waals surface area contributed by atoms with Gasteiger partial charge in [0.15, 0.2) is 0 Å². The van der Waals surface area contributed by atoms with E-state index in [9.17, 15) is 4.79 Å². The lowest BCUT2D eigenvalue weighted by atomic mass is 10.2. The maximum Gasteiger partial charge on any atom is 0.263 e. The van der Waals surface area contributed by atoms with Crippen molar-refractivity contribution in [3.05, 3.63) is 40.2 Å². The lowest BCUT2D eigenvalue weighted by molar-refractivity contribution is 0.0961. The number of nitrogens with two attached hydrogens (primary N) is 1. The van der Waals surface area contributed by atoms with Gasteiger partial charge in [0.05, 0.1) is 5.69 Å². The zero-order chi connectivity index (χ0) is 14.5. The Morgan fingerprint density at radius 3 is 3.10 bits per heavy atom. The van der Waals surface area contributed by atoms with Crippen molar-refractivity contribution < 1.29 is 4.79 Å². The zero-order valence-corrected chi connectivity index (χ0v) is 14.0. The van der Waals surface area contributed by atoms with Crippen LogP contribution in [-0.4, -0.2) is 24.0 Å². The predicted molar refractivity (Wildman–Crippen MR) is 93.8 cm³/mol. The monoisotopic (exact) mass is 370 g/mol. The van der Waals surface area contributed by atoms with Gasteiger partial charge < -0.3 is 11.1 Å². The molecule has 0 aliphatic carbocycles. The first-order valence-corrected chi connectivity index (χ1v) is 8.84. The number of anilines is 1. The molecule has 0 spiro atoms. The molecule has 3 nitrogen and oxygen atoms in total. The van der Waals surface area contributed by atoms with E-state index < -0.39 is 0 Å². The summed E-state index contributed by atoms with van der Waals surface area (Å²) in [5, 5.41) is 3.83. The van der Waals surface area contributed by atoms with E-state index in [-0.39, 0.29) is 5.91 Å². The molecule has 0 atom stereocenters. The van der Waals surface area contributed by atoms with Crippen molar-refractivity contribution in [2.45, 2.75) is 0 Å². The maximum absolute atomic E-state index is 12.1. The topological polar surface area (TPSA) is 55.1 Å². The summed E-state index contributed by atoms with van der Waals surface area (Å²) >= 11 is 6.58. The van der Waals surface area contributed by atoms with Crippen molar-refractivity contribution in [3.8, 4) is 0 Å². The third-order valence-corrected chi connectivity index (χ3v) is 5.31. The first kappa shape index (κ1) is 15.4. The fourth-order valence-electron chi connectivity index (χ4n) is 1.74. The Hall–Kier alpha value is -0.980. The van der Waals surface area contributed by atoms with Gasteiger partial charge in [0.2, 0.25) is 0 Å². The van der Waals surface area contributed by atoms with Crippen LogP contribution in [0.3, 0.4) is 0 Å². The molecule has 0 unspecified atom stereocenters. The van der Waals surface area contributed by atoms with Gasteiger partial charge in [0, 0.05) is 32.6 Å².